The third-order valence-electron chi connectivity index (χ3n) is 4.30. The maximum atomic E-state index is 12.7. The van der Waals surface area contributed by atoms with E-state index in [9.17, 15) is 9.59 Å². The Morgan fingerprint density at radius 2 is 1.76 bits per heavy atom. The topological polar surface area (TPSA) is 55.2 Å². The van der Waals surface area contributed by atoms with Crippen LogP contribution in [0.1, 0.15) is 18.3 Å². The van der Waals surface area contributed by atoms with Crippen molar-refractivity contribution in [1.82, 2.24) is 14.5 Å². The molecular formula is C20H21N3O2. The fourth-order valence-electron chi connectivity index (χ4n) is 2.88. The Kier molecular flexibility index (Phi) is 4.93. The molecule has 5 nitrogen and oxygen atoms in total. The number of benzene rings is 2. The van der Waals surface area contributed by atoms with Crippen molar-refractivity contribution >= 4 is 16.8 Å². The highest BCUT2D eigenvalue weighted by Gasteiger charge is 2.16. The number of carbonyl (C=O) groups is 1. The maximum Gasteiger partial charge on any atom is 0.261 e. The number of aryl methyl sites for hydroxylation is 1. The summed E-state index contributed by atoms with van der Waals surface area (Å²) in [6.07, 6.45) is 0. The zero-order valence-electron chi connectivity index (χ0n) is 14.5. The lowest BCUT2D eigenvalue weighted by atomic mass is 10.2. The lowest BCUT2D eigenvalue weighted by Crippen LogP contribution is -2.37. The number of amides is 1. The second-order valence-corrected chi connectivity index (χ2v) is 5.96. The standard InChI is InChI=1S/C20H21N3O2/c1-3-22(13-16-9-5-4-6-10-16)19(24)14-23-15(2)21-18-12-8-7-11-17(18)20(23)25/h4-12H,3,13-14H2,1-2H3. The number of nitrogens with zero attached hydrogens (tertiary/aromatic N) is 3. The van der Waals surface area contributed by atoms with Crippen LogP contribution in [-0.2, 0) is 17.9 Å². The van der Waals surface area contributed by atoms with Crippen LogP contribution < -0.4 is 5.56 Å². The maximum absolute atomic E-state index is 12.7. The highest BCUT2D eigenvalue weighted by Crippen LogP contribution is 2.09. The average Bonchev–Trinajstić information content (AvgIpc) is 2.64. The largest absolute Gasteiger partial charge is 0.337 e. The molecule has 0 bridgehead atoms. The van der Waals surface area contributed by atoms with Crippen LogP contribution in [0.5, 0.6) is 0 Å². The van der Waals surface area contributed by atoms with Crippen molar-refractivity contribution < 1.29 is 4.79 Å². The van der Waals surface area contributed by atoms with Crippen LogP contribution in [0.4, 0.5) is 0 Å². The molecular weight excluding hydrogens is 314 g/mol. The number of hydrogen-bond donors (Lipinski definition) is 0. The van der Waals surface area contributed by atoms with Gasteiger partial charge in [-0.25, -0.2) is 4.98 Å². The zero-order valence-corrected chi connectivity index (χ0v) is 14.5. The Morgan fingerprint density at radius 1 is 1.08 bits per heavy atom. The number of rotatable bonds is 5. The highest BCUT2D eigenvalue weighted by atomic mass is 16.2. The van der Waals surface area contributed by atoms with Crippen molar-refractivity contribution in [2.45, 2.75) is 26.9 Å². The van der Waals surface area contributed by atoms with E-state index < -0.39 is 0 Å². The van der Waals surface area contributed by atoms with E-state index in [-0.39, 0.29) is 18.0 Å². The van der Waals surface area contributed by atoms with Gasteiger partial charge in [0, 0.05) is 13.1 Å². The Bertz CT molecular complexity index is 948. The summed E-state index contributed by atoms with van der Waals surface area (Å²) in [5.41, 5.74) is 1.55. The molecule has 5 heteroatoms. The van der Waals surface area contributed by atoms with E-state index in [1.54, 1.807) is 24.0 Å². The first-order valence-corrected chi connectivity index (χ1v) is 8.38. The summed E-state index contributed by atoms with van der Waals surface area (Å²) in [6.45, 7) is 4.82. The second kappa shape index (κ2) is 7.30. The smallest absolute Gasteiger partial charge is 0.261 e. The molecule has 1 heterocycles. The first-order chi connectivity index (χ1) is 12.1. The first-order valence-electron chi connectivity index (χ1n) is 8.38. The molecule has 25 heavy (non-hydrogen) atoms. The zero-order chi connectivity index (χ0) is 17.8. The Balaban J connectivity index is 1.87. The SMILES string of the molecule is CCN(Cc1ccccc1)C(=O)Cn1c(C)nc2ccccc2c1=O. The van der Waals surface area contributed by atoms with Gasteiger partial charge < -0.3 is 4.90 Å². The molecule has 1 amide bonds. The minimum Gasteiger partial charge on any atom is -0.337 e. The summed E-state index contributed by atoms with van der Waals surface area (Å²) in [4.78, 5) is 31.6. The molecule has 3 rings (SSSR count). The third kappa shape index (κ3) is 3.60. The molecule has 0 radical (unpaired) electrons. The second-order valence-electron chi connectivity index (χ2n) is 5.96. The molecule has 0 N–H and O–H groups in total. The fourth-order valence-corrected chi connectivity index (χ4v) is 2.88. The molecule has 1 aromatic heterocycles. The monoisotopic (exact) mass is 335 g/mol. The Hall–Kier alpha value is -2.95. The number of para-hydroxylation sites is 1. The number of carbonyl (C=O) groups excluding carboxylic acids is 1. The van der Waals surface area contributed by atoms with Crippen LogP contribution in [0.2, 0.25) is 0 Å². The summed E-state index contributed by atoms with van der Waals surface area (Å²) in [7, 11) is 0. The first kappa shape index (κ1) is 16.9. The molecule has 0 aliphatic carbocycles. The third-order valence-corrected chi connectivity index (χ3v) is 4.30. The molecule has 0 unspecified atom stereocenters. The Morgan fingerprint density at radius 3 is 2.48 bits per heavy atom. The predicted octanol–water partition coefficient (Wildman–Crippen LogP) is 2.75. The molecule has 0 aliphatic rings. The van der Waals surface area contributed by atoms with E-state index in [1.165, 1.54) is 4.57 Å². The van der Waals surface area contributed by atoms with E-state index in [0.717, 1.165) is 5.56 Å². The van der Waals surface area contributed by atoms with Gasteiger partial charge >= 0.3 is 0 Å². The molecule has 128 valence electrons. The van der Waals surface area contributed by atoms with Crippen molar-refractivity contribution in [2.24, 2.45) is 0 Å². The van der Waals surface area contributed by atoms with Gasteiger partial charge in [-0.2, -0.15) is 0 Å². The van der Waals surface area contributed by atoms with Gasteiger partial charge in [-0.3, -0.25) is 14.2 Å². The van der Waals surface area contributed by atoms with E-state index in [1.807, 2.05) is 49.4 Å². The van der Waals surface area contributed by atoms with Gasteiger partial charge in [-0.05, 0) is 31.5 Å². The van der Waals surface area contributed by atoms with Crippen molar-refractivity contribution in [3.63, 3.8) is 0 Å². The van der Waals surface area contributed by atoms with Gasteiger partial charge in [0.2, 0.25) is 5.91 Å². The van der Waals surface area contributed by atoms with Crippen molar-refractivity contribution in [2.75, 3.05) is 6.54 Å². The molecule has 0 fully saturated rings. The lowest BCUT2D eigenvalue weighted by molar-refractivity contribution is -0.132. The summed E-state index contributed by atoms with van der Waals surface area (Å²) in [6, 6.07) is 17.0. The number of fused-ring (bicyclic) bond motifs is 1. The van der Waals surface area contributed by atoms with Crippen molar-refractivity contribution in [3.8, 4) is 0 Å². The quantitative estimate of drug-likeness (QED) is 0.720. The van der Waals surface area contributed by atoms with Gasteiger partial charge in [-0.15, -0.1) is 0 Å². The molecule has 2 aromatic carbocycles. The number of hydrogen-bond acceptors (Lipinski definition) is 3. The van der Waals surface area contributed by atoms with Gasteiger partial charge in [0.25, 0.3) is 5.56 Å². The number of likely N-dealkylation sites (N-methyl/N-ethyl adjacent to an activating group) is 1. The minimum atomic E-state index is -0.174. The highest BCUT2D eigenvalue weighted by molar-refractivity contribution is 5.79. The van der Waals surface area contributed by atoms with Gasteiger partial charge in [0.15, 0.2) is 0 Å². The van der Waals surface area contributed by atoms with Gasteiger partial charge in [0.05, 0.1) is 10.9 Å². The van der Waals surface area contributed by atoms with E-state index in [2.05, 4.69) is 4.98 Å². The summed E-state index contributed by atoms with van der Waals surface area (Å²) < 4.78 is 1.46. The van der Waals surface area contributed by atoms with Gasteiger partial charge in [0.1, 0.15) is 12.4 Å². The predicted molar refractivity (Wildman–Crippen MR) is 98.3 cm³/mol. The van der Waals surface area contributed by atoms with Crippen LogP contribution in [0.25, 0.3) is 10.9 Å². The minimum absolute atomic E-state index is 0.00315. The lowest BCUT2D eigenvalue weighted by Gasteiger charge is -2.22. The van der Waals surface area contributed by atoms with E-state index >= 15 is 0 Å². The van der Waals surface area contributed by atoms with Crippen molar-refractivity contribution in [3.05, 3.63) is 76.3 Å². The van der Waals surface area contributed by atoms with E-state index in [4.69, 9.17) is 0 Å². The van der Waals surface area contributed by atoms with Crippen molar-refractivity contribution in [1.29, 1.82) is 0 Å². The van der Waals surface area contributed by atoms with Gasteiger partial charge in [-0.1, -0.05) is 42.5 Å². The van der Waals surface area contributed by atoms with Crippen LogP contribution in [0, 0.1) is 6.92 Å². The summed E-state index contributed by atoms with van der Waals surface area (Å²) in [5.74, 6) is 0.460. The van der Waals surface area contributed by atoms with E-state index in [0.29, 0.717) is 29.8 Å². The molecule has 3 aromatic rings. The normalized spacial score (nSPS) is 10.8. The molecule has 0 saturated heterocycles. The summed E-state index contributed by atoms with van der Waals surface area (Å²) in [5, 5.41) is 0.534. The molecule has 0 spiro atoms. The van der Waals surface area contributed by atoms with Crippen LogP contribution in [-0.4, -0.2) is 26.9 Å². The summed E-state index contributed by atoms with van der Waals surface area (Å²) >= 11 is 0. The molecule has 0 saturated carbocycles. The average molecular weight is 335 g/mol. The fraction of sp³-hybridized carbons (Fsp3) is 0.250. The number of aromatic nitrogens is 2. The molecule has 0 atom stereocenters. The van der Waals surface area contributed by atoms with Crippen LogP contribution >= 0.6 is 0 Å². The van der Waals surface area contributed by atoms with Crippen LogP contribution in [0.3, 0.4) is 0 Å². The van der Waals surface area contributed by atoms with Crippen LogP contribution in [0.15, 0.2) is 59.4 Å². The Labute approximate surface area is 146 Å². The molecule has 0 aliphatic heterocycles.